The van der Waals surface area contributed by atoms with Crippen LogP contribution >= 0.6 is 11.3 Å². The maximum Gasteiger partial charge on any atom is 0.107 e. The van der Waals surface area contributed by atoms with Crippen molar-refractivity contribution in [3.05, 3.63) is 16.1 Å². The summed E-state index contributed by atoms with van der Waals surface area (Å²) in [5.74, 6) is 0. The van der Waals surface area contributed by atoms with Gasteiger partial charge in [-0.25, -0.2) is 4.98 Å². The molecule has 0 aliphatic carbocycles. The summed E-state index contributed by atoms with van der Waals surface area (Å²) in [6.45, 7) is 14.4. The molecule has 1 saturated heterocycles. The molecule has 2 atom stereocenters. The molecule has 102 valence electrons. The number of piperazine rings is 1. The third kappa shape index (κ3) is 3.53. The predicted molar refractivity (Wildman–Crippen MR) is 78.2 cm³/mol. The number of rotatable bonds is 2. The van der Waals surface area contributed by atoms with Crippen molar-refractivity contribution in [1.82, 2.24) is 15.2 Å². The largest absolute Gasteiger partial charge is 0.309 e. The lowest BCUT2D eigenvalue weighted by Gasteiger charge is -2.35. The molecule has 1 N–H and O–H groups in total. The van der Waals surface area contributed by atoms with Gasteiger partial charge in [0.1, 0.15) is 5.01 Å². The van der Waals surface area contributed by atoms with E-state index in [1.165, 1.54) is 10.7 Å². The van der Waals surface area contributed by atoms with E-state index in [0.29, 0.717) is 12.1 Å². The quantitative estimate of drug-likeness (QED) is 0.893. The summed E-state index contributed by atoms with van der Waals surface area (Å²) in [5.41, 5.74) is 1.39. The molecule has 0 aromatic carbocycles. The molecule has 0 saturated carbocycles. The molecular formula is C14H25N3S. The fourth-order valence-corrected chi connectivity index (χ4v) is 3.55. The Labute approximate surface area is 115 Å². The first-order chi connectivity index (χ1) is 8.34. The average molecular weight is 267 g/mol. The molecule has 1 aliphatic rings. The smallest absolute Gasteiger partial charge is 0.107 e. The number of hydrogen-bond donors (Lipinski definition) is 1. The van der Waals surface area contributed by atoms with Crippen molar-refractivity contribution in [2.24, 2.45) is 0 Å². The topological polar surface area (TPSA) is 28.2 Å². The number of thiazole rings is 1. The van der Waals surface area contributed by atoms with Crippen molar-refractivity contribution >= 4 is 11.3 Å². The van der Waals surface area contributed by atoms with Crippen molar-refractivity contribution in [2.45, 2.75) is 58.7 Å². The summed E-state index contributed by atoms with van der Waals surface area (Å²) < 4.78 is 0. The predicted octanol–water partition coefficient (Wildman–Crippen LogP) is 2.62. The van der Waals surface area contributed by atoms with Crippen LogP contribution in [0, 0.1) is 0 Å². The molecule has 0 bridgehead atoms. The second kappa shape index (κ2) is 5.27. The van der Waals surface area contributed by atoms with Crippen molar-refractivity contribution in [3.63, 3.8) is 0 Å². The molecule has 18 heavy (non-hydrogen) atoms. The first-order valence-electron chi connectivity index (χ1n) is 6.78. The second-order valence-electron chi connectivity index (χ2n) is 6.54. The lowest BCUT2D eigenvalue weighted by molar-refractivity contribution is 0.166. The summed E-state index contributed by atoms with van der Waals surface area (Å²) >= 11 is 1.80. The van der Waals surface area contributed by atoms with Gasteiger partial charge in [0, 0.05) is 36.0 Å². The molecule has 3 nitrogen and oxygen atoms in total. The first-order valence-corrected chi connectivity index (χ1v) is 7.66. The third-order valence-corrected chi connectivity index (χ3v) is 4.15. The van der Waals surface area contributed by atoms with Gasteiger partial charge in [0.2, 0.25) is 0 Å². The Morgan fingerprint density at radius 1 is 1.33 bits per heavy atom. The molecule has 1 aromatic rings. The van der Waals surface area contributed by atoms with Gasteiger partial charge >= 0.3 is 0 Å². The summed E-state index contributed by atoms with van der Waals surface area (Å²) in [5, 5.41) is 7.03. The van der Waals surface area contributed by atoms with Gasteiger partial charge in [0.05, 0.1) is 12.2 Å². The highest BCUT2D eigenvalue weighted by Gasteiger charge is 2.23. The Morgan fingerprint density at radius 3 is 2.44 bits per heavy atom. The Kier molecular flexibility index (Phi) is 4.09. The van der Waals surface area contributed by atoms with Crippen molar-refractivity contribution in [2.75, 3.05) is 13.1 Å². The Morgan fingerprint density at radius 2 is 1.94 bits per heavy atom. The second-order valence-corrected chi connectivity index (χ2v) is 7.48. The highest BCUT2D eigenvalue weighted by Crippen LogP contribution is 2.24. The van der Waals surface area contributed by atoms with Crippen molar-refractivity contribution in [1.29, 1.82) is 0 Å². The van der Waals surface area contributed by atoms with Crippen LogP contribution in [0.2, 0.25) is 0 Å². The van der Waals surface area contributed by atoms with E-state index in [9.17, 15) is 0 Å². The van der Waals surface area contributed by atoms with E-state index in [2.05, 4.69) is 50.2 Å². The van der Waals surface area contributed by atoms with Gasteiger partial charge in [-0.05, 0) is 13.8 Å². The maximum absolute atomic E-state index is 4.78. The normalized spacial score (nSPS) is 26.5. The van der Waals surface area contributed by atoms with Crippen LogP contribution in [0.3, 0.4) is 0 Å². The van der Waals surface area contributed by atoms with E-state index < -0.39 is 0 Å². The van der Waals surface area contributed by atoms with Gasteiger partial charge in [-0.1, -0.05) is 20.8 Å². The minimum atomic E-state index is 0.165. The Bertz CT molecular complexity index is 384. The van der Waals surface area contributed by atoms with Crippen molar-refractivity contribution in [3.8, 4) is 0 Å². The lowest BCUT2D eigenvalue weighted by Crippen LogP contribution is -2.53. The summed E-state index contributed by atoms with van der Waals surface area (Å²) in [7, 11) is 0. The van der Waals surface area contributed by atoms with Gasteiger partial charge in [0.15, 0.2) is 0 Å². The van der Waals surface area contributed by atoms with Crippen LogP contribution in [0.15, 0.2) is 5.38 Å². The van der Waals surface area contributed by atoms with Crippen LogP contribution < -0.4 is 5.32 Å². The summed E-state index contributed by atoms with van der Waals surface area (Å²) in [4.78, 5) is 7.29. The van der Waals surface area contributed by atoms with Crippen LogP contribution in [-0.2, 0) is 12.0 Å². The average Bonchev–Trinajstić information content (AvgIpc) is 2.63. The summed E-state index contributed by atoms with van der Waals surface area (Å²) in [6, 6.07) is 1.16. The van der Waals surface area contributed by atoms with Crippen LogP contribution in [0.5, 0.6) is 0 Å². The lowest BCUT2D eigenvalue weighted by atomic mass is 9.93. The van der Waals surface area contributed by atoms with E-state index in [1.807, 2.05) is 0 Å². The number of nitrogens with zero attached hydrogens (tertiary/aromatic N) is 2. The van der Waals surface area contributed by atoms with Crippen LogP contribution in [-0.4, -0.2) is 35.1 Å². The van der Waals surface area contributed by atoms with Gasteiger partial charge in [-0.3, -0.25) is 4.90 Å². The van der Waals surface area contributed by atoms with Crippen LogP contribution in [0.1, 0.15) is 45.3 Å². The van der Waals surface area contributed by atoms with E-state index in [-0.39, 0.29) is 5.41 Å². The molecule has 2 unspecified atom stereocenters. The van der Waals surface area contributed by atoms with Crippen LogP contribution in [0.25, 0.3) is 0 Å². The molecule has 0 amide bonds. The molecule has 2 heterocycles. The number of aromatic nitrogens is 1. The minimum absolute atomic E-state index is 0.165. The van der Waals surface area contributed by atoms with Crippen molar-refractivity contribution < 1.29 is 0 Å². The molecule has 0 spiro atoms. The molecule has 1 aliphatic heterocycles. The van der Waals surface area contributed by atoms with E-state index in [1.54, 1.807) is 11.3 Å². The zero-order chi connectivity index (χ0) is 13.3. The van der Waals surface area contributed by atoms with Gasteiger partial charge in [-0.2, -0.15) is 0 Å². The number of nitrogens with one attached hydrogen (secondary N) is 1. The van der Waals surface area contributed by atoms with Gasteiger partial charge in [-0.15, -0.1) is 11.3 Å². The standard InChI is InChI=1S/C14H25N3S/c1-10-6-17(7-11(2)15-10)8-13-16-12(9-18-13)14(3,4)5/h9-11,15H,6-8H2,1-5H3. The SMILES string of the molecule is CC1CN(Cc2nc(C(C)(C)C)cs2)CC(C)N1. The monoisotopic (exact) mass is 267 g/mol. The fraction of sp³-hybridized carbons (Fsp3) is 0.786. The highest BCUT2D eigenvalue weighted by molar-refractivity contribution is 7.09. The van der Waals surface area contributed by atoms with E-state index in [0.717, 1.165) is 19.6 Å². The zero-order valence-corrected chi connectivity index (χ0v) is 13.0. The molecule has 2 rings (SSSR count). The highest BCUT2D eigenvalue weighted by atomic mass is 32.1. The van der Waals surface area contributed by atoms with Crippen LogP contribution in [0.4, 0.5) is 0 Å². The van der Waals surface area contributed by atoms with E-state index >= 15 is 0 Å². The minimum Gasteiger partial charge on any atom is -0.309 e. The van der Waals surface area contributed by atoms with Gasteiger partial charge in [0.25, 0.3) is 0 Å². The Hall–Kier alpha value is -0.450. The fourth-order valence-electron chi connectivity index (χ4n) is 2.49. The zero-order valence-electron chi connectivity index (χ0n) is 12.2. The first kappa shape index (κ1) is 14.0. The molecular weight excluding hydrogens is 242 g/mol. The summed E-state index contributed by atoms with van der Waals surface area (Å²) in [6.07, 6.45) is 0. The molecule has 4 heteroatoms. The molecule has 1 aromatic heterocycles. The van der Waals surface area contributed by atoms with Gasteiger partial charge < -0.3 is 5.32 Å². The number of hydrogen-bond acceptors (Lipinski definition) is 4. The molecule has 0 radical (unpaired) electrons. The maximum atomic E-state index is 4.78. The Balaban J connectivity index is 1.99. The third-order valence-electron chi connectivity index (χ3n) is 3.31. The van der Waals surface area contributed by atoms with E-state index in [4.69, 9.17) is 4.98 Å². The molecule has 1 fully saturated rings.